The van der Waals surface area contributed by atoms with Crippen LogP contribution in [0.25, 0.3) is 0 Å². The summed E-state index contributed by atoms with van der Waals surface area (Å²) >= 11 is 0. The molecule has 4 N–H and O–H groups in total. The molecule has 0 spiro atoms. The van der Waals surface area contributed by atoms with E-state index < -0.39 is 0 Å². The van der Waals surface area contributed by atoms with Crippen molar-refractivity contribution in [1.82, 2.24) is 4.98 Å². The van der Waals surface area contributed by atoms with E-state index in [2.05, 4.69) is 15.7 Å². The van der Waals surface area contributed by atoms with Gasteiger partial charge in [0.1, 0.15) is 0 Å². The fourth-order valence-electron chi connectivity index (χ4n) is 1.61. The number of carbonyl (C=O) groups excluding carboxylic acids is 1. The normalized spacial score (nSPS) is 9.89. The number of anilines is 2. The molecule has 1 aromatic carbocycles. The lowest BCUT2D eigenvalue weighted by Gasteiger charge is -2.10. The highest BCUT2D eigenvalue weighted by Gasteiger charge is 2.11. The standard InChI is InChI=1S/C13H14N4O/c1-9-4-5-12(17-14)11(7-9)13(18)16-10-3-2-6-15-8-10/h2-8,17H,14H2,1H3,(H,16,18). The fourth-order valence-corrected chi connectivity index (χ4v) is 1.61. The summed E-state index contributed by atoms with van der Waals surface area (Å²) in [4.78, 5) is 16.0. The summed E-state index contributed by atoms with van der Waals surface area (Å²) in [5.74, 6) is 5.17. The molecule has 0 unspecified atom stereocenters. The number of aryl methyl sites for hydroxylation is 1. The predicted octanol–water partition coefficient (Wildman–Crippen LogP) is 1.93. The van der Waals surface area contributed by atoms with E-state index in [0.717, 1.165) is 5.56 Å². The van der Waals surface area contributed by atoms with Gasteiger partial charge in [-0.2, -0.15) is 0 Å². The quantitative estimate of drug-likeness (QED) is 0.567. The van der Waals surface area contributed by atoms with Gasteiger partial charge >= 0.3 is 0 Å². The highest BCUT2D eigenvalue weighted by molar-refractivity contribution is 6.08. The number of nitrogens with two attached hydrogens (primary N) is 1. The second-order valence-corrected chi connectivity index (χ2v) is 3.89. The third-order valence-electron chi connectivity index (χ3n) is 2.49. The highest BCUT2D eigenvalue weighted by atomic mass is 16.1. The number of nitrogen functional groups attached to an aromatic ring is 1. The number of amides is 1. The summed E-state index contributed by atoms with van der Waals surface area (Å²) in [7, 11) is 0. The average molecular weight is 242 g/mol. The molecule has 0 radical (unpaired) electrons. The molecule has 2 aromatic rings. The van der Waals surface area contributed by atoms with Crippen LogP contribution in [0.15, 0.2) is 42.7 Å². The number of hydrazine groups is 1. The van der Waals surface area contributed by atoms with Crippen LogP contribution in [0.4, 0.5) is 11.4 Å². The Morgan fingerprint density at radius 2 is 2.17 bits per heavy atom. The van der Waals surface area contributed by atoms with E-state index in [-0.39, 0.29) is 5.91 Å². The Kier molecular flexibility index (Phi) is 3.54. The van der Waals surface area contributed by atoms with Crippen LogP contribution in [-0.4, -0.2) is 10.9 Å². The van der Waals surface area contributed by atoms with Gasteiger partial charge in [0.25, 0.3) is 5.91 Å². The number of pyridine rings is 1. The zero-order valence-electron chi connectivity index (χ0n) is 9.97. The Hall–Kier alpha value is -2.40. The summed E-state index contributed by atoms with van der Waals surface area (Å²) < 4.78 is 0. The van der Waals surface area contributed by atoms with E-state index in [1.54, 1.807) is 36.7 Å². The second kappa shape index (κ2) is 5.29. The molecule has 0 atom stereocenters. The maximum atomic E-state index is 12.1. The molecule has 18 heavy (non-hydrogen) atoms. The first-order valence-corrected chi connectivity index (χ1v) is 5.49. The van der Waals surface area contributed by atoms with Crippen LogP contribution in [0.1, 0.15) is 15.9 Å². The van der Waals surface area contributed by atoms with E-state index in [1.807, 2.05) is 13.0 Å². The second-order valence-electron chi connectivity index (χ2n) is 3.89. The number of rotatable bonds is 3. The number of hydrogen-bond donors (Lipinski definition) is 3. The number of hydrogen-bond acceptors (Lipinski definition) is 4. The lowest BCUT2D eigenvalue weighted by molar-refractivity contribution is 0.102. The number of benzene rings is 1. The minimum absolute atomic E-state index is 0.223. The zero-order valence-corrected chi connectivity index (χ0v) is 9.97. The summed E-state index contributed by atoms with van der Waals surface area (Å²) in [5, 5.41) is 2.76. The van der Waals surface area contributed by atoms with Gasteiger partial charge in [0.2, 0.25) is 0 Å². The number of nitrogens with one attached hydrogen (secondary N) is 2. The van der Waals surface area contributed by atoms with Crippen molar-refractivity contribution in [3.05, 3.63) is 53.9 Å². The van der Waals surface area contributed by atoms with Crippen LogP contribution in [0.2, 0.25) is 0 Å². The van der Waals surface area contributed by atoms with Gasteiger partial charge in [-0.1, -0.05) is 11.6 Å². The van der Waals surface area contributed by atoms with Gasteiger partial charge in [-0.25, -0.2) is 0 Å². The molecule has 0 fully saturated rings. The van der Waals surface area contributed by atoms with Gasteiger partial charge in [0.15, 0.2) is 0 Å². The Labute approximate surface area is 105 Å². The summed E-state index contributed by atoms with van der Waals surface area (Å²) in [6, 6.07) is 8.97. The van der Waals surface area contributed by atoms with Gasteiger partial charge < -0.3 is 10.7 Å². The maximum Gasteiger partial charge on any atom is 0.257 e. The van der Waals surface area contributed by atoms with E-state index in [1.165, 1.54) is 0 Å². The molecule has 0 aliphatic heterocycles. The predicted molar refractivity (Wildman–Crippen MR) is 71.2 cm³/mol. The molecule has 1 aromatic heterocycles. The Morgan fingerprint density at radius 1 is 1.33 bits per heavy atom. The summed E-state index contributed by atoms with van der Waals surface area (Å²) in [6.45, 7) is 1.92. The first-order chi connectivity index (χ1) is 8.70. The van der Waals surface area contributed by atoms with Crippen molar-refractivity contribution in [1.29, 1.82) is 0 Å². The van der Waals surface area contributed by atoms with Gasteiger partial charge in [0, 0.05) is 6.20 Å². The van der Waals surface area contributed by atoms with Crippen molar-refractivity contribution >= 4 is 17.3 Å². The molecular formula is C13H14N4O. The van der Waals surface area contributed by atoms with Crippen LogP contribution in [0, 0.1) is 6.92 Å². The lowest BCUT2D eigenvalue weighted by atomic mass is 10.1. The number of carbonyl (C=O) groups is 1. The maximum absolute atomic E-state index is 12.1. The summed E-state index contributed by atoms with van der Waals surface area (Å²) in [5.41, 5.74) is 5.24. The Balaban J connectivity index is 2.26. The van der Waals surface area contributed by atoms with E-state index in [0.29, 0.717) is 16.9 Å². The smallest absolute Gasteiger partial charge is 0.257 e. The molecule has 92 valence electrons. The lowest BCUT2D eigenvalue weighted by Crippen LogP contribution is -2.17. The molecular weight excluding hydrogens is 228 g/mol. The van der Waals surface area contributed by atoms with Gasteiger partial charge in [-0.3, -0.25) is 15.6 Å². The number of nitrogens with zero attached hydrogens (tertiary/aromatic N) is 1. The van der Waals surface area contributed by atoms with Crippen molar-refractivity contribution in [2.75, 3.05) is 10.7 Å². The van der Waals surface area contributed by atoms with Crippen molar-refractivity contribution in [2.45, 2.75) is 6.92 Å². The monoisotopic (exact) mass is 242 g/mol. The average Bonchev–Trinajstić information content (AvgIpc) is 2.40. The largest absolute Gasteiger partial charge is 0.323 e. The SMILES string of the molecule is Cc1ccc(NN)c(C(=O)Nc2cccnc2)c1. The molecule has 5 nitrogen and oxygen atoms in total. The van der Waals surface area contributed by atoms with Crippen LogP contribution in [0.5, 0.6) is 0 Å². The molecule has 0 saturated carbocycles. The molecule has 0 aliphatic rings. The van der Waals surface area contributed by atoms with Crippen molar-refractivity contribution in [2.24, 2.45) is 5.84 Å². The van der Waals surface area contributed by atoms with Crippen LogP contribution in [-0.2, 0) is 0 Å². The molecule has 0 saturated heterocycles. The van der Waals surface area contributed by atoms with Crippen LogP contribution < -0.4 is 16.6 Å². The van der Waals surface area contributed by atoms with E-state index in [9.17, 15) is 4.79 Å². The van der Waals surface area contributed by atoms with Crippen molar-refractivity contribution in [3.8, 4) is 0 Å². The molecule has 5 heteroatoms. The topological polar surface area (TPSA) is 80.0 Å². The Bertz CT molecular complexity index is 554. The number of aromatic nitrogens is 1. The summed E-state index contributed by atoms with van der Waals surface area (Å²) in [6.07, 6.45) is 3.23. The van der Waals surface area contributed by atoms with E-state index in [4.69, 9.17) is 5.84 Å². The van der Waals surface area contributed by atoms with Gasteiger partial charge in [-0.15, -0.1) is 0 Å². The molecule has 2 rings (SSSR count). The minimum Gasteiger partial charge on any atom is -0.323 e. The van der Waals surface area contributed by atoms with Gasteiger partial charge in [-0.05, 0) is 31.2 Å². The van der Waals surface area contributed by atoms with Gasteiger partial charge in [0.05, 0.1) is 23.1 Å². The van der Waals surface area contributed by atoms with Crippen molar-refractivity contribution < 1.29 is 4.79 Å². The van der Waals surface area contributed by atoms with Crippen LogP contribution >= 0.6 is 0 Å². The highest BCUT2D eigenvalue weighted by Crippen LogP contribution is 2.18. The molecule has 1 amide bonds. The van der Waals surface area contributed by atoms with E-state index >= 15 is 0 Å². The molecule has 0 aliphatic carbocycles. The third-order valence-corrected chi connectivity index (χ3v) is 2.49. The minimum atomic E-state index is -0.223. The zero-order chi connectivity index (χ0) is 13.0. The third kappa shape index (κ3) is 2.64. The fraction of sp³-hybridized carbons (Fsp3) is 0.0769. The van der Waals surface area contributed by atoms with Crippen LogP contribution in [0.3, 0.4) is 0 Å². The first-order valence-electron chi connectivity index (χ1n) is 5.49. The van der Waals surface area contributed by atoms with Crippen molar-refractivity contribution in [3.63, 3.8) is 0 Å². The first kappa shape index (κ1) is 12.1. The molecule has 0 bridgehead atoms. The Morgan fingerprint density at radius 3 is 2.83 bits per heavy atom. The molecule has 1 heterocycles.